The lowest BCUT2D eigenvalue weighted by Gasteiger charge is -2.35. The molecule has 0 unspecified atom stereocenters. The Morgan fingerprint density at radius 3 is 2.21 bits per heavy atom. The van der Waals surface area contributed by atoms with Crippen LogP contribution in [0.4, 0.5) is 0 Å². The first-order valence-corrected chi connectivity index (χ1v) is 5.34. The van der Waals surface area contributed by atoms with Gasteiger partial charge in [0, 0.05) is 12.0 Å². The summed E-state index contributed by atoms with van der Waals surface area (Å²) < 4.78 is 0. The summed E-state index contributed by atoms with van der Waals surface area (Å²) in [5.74, 6) is -0.699. The van der Waals surface area contributed by atoms with Gasteiger partial charge in [-0.25, -0.2) is 0 Å². The van der Waals surface area contributed by atoms with Gasteiger partial charge in [-0.05, 0) is 46.7 Å². The SMILES string of the molecule is CCCN(CCCC(=O)O)C(C)(C)C. The van der Waals surface area contributed by atoms with Crippen molar-refractivity contribution in [3.63, 3.8) is 0 Å². The number of nitrogens with zero attached hydrogens (tertiary/aromatic N) is 1. The van der Waals surface area contributed by atoms with Crippen LogP contribution in [0.2, 0.25) is 0 Å². The molecule has 0 aliphatic carbocycles. The molecule has 0 aromatic carbocycles. The number of carboxylic acid groups (broad SMARTS) is 1. The van der Waals surface area contributed by atoms with Gasteiger partial charge < -0.3 is 5.11 Å². The van der Waals surface area contributed by atoms with Gasteiger partial charge in [0.2, 0.25) is 0 Å². The van der Waals surface area contributed by atoms with Crippen molar-refractivity contribution in [2.24, 2.45) is 0 Å². The minimum absolute atomic E-state index is 0.147. The van der Waals surface area contributed by atoms with Crippen molar-refractivity contribution in [1.82, 2.24) is 4.90 Å². The zero-order valence-corrected chi connectivity index (χ0v) is 9.84. The van der Waals surface area contributed by atoms with Crippen LogP contribution in [-0.4, -0.2) is 34.6 Å². The van der Waals surface area contributed by atoms with Crippen LogP contribution >= 0.6 is 0 Å². The number of hydrogen-bond donors (Lipinski definition) is 1. The molecule has 0 saturated carbocycles. The Balaban J connectivity index is 3.92. The molecule has 1 N–H and O–H groups in total. The maximum absolute atomic E-state index is 10.4. The summed E-state index contributed by atoms with van der Waals surface area (Å²) in [6.45, 7) is 10.6. The van der Waals surface area contributed by atoms with Crippen LogP contribution in [0.1, 0.15) is 47.0 Å². The third kappa shape index (κ3) is 5.97. The molecule has 0 aliphatic heterocycles. The first-order valence-electron chi connectivity index (χ1n) is 5.34. The molecule has 0 spiro atoms. The van der Waals surface area contributed by atoms with Crippen LogP contribution in [-0.2, 0) is 4.79 Å². The zero-order valence-electron chi connectivity index (χ0n) is 9.84. The maximum atomic E-state index is 10.4. The van der Waals surface area contributed by atoms with Gasteiger partial charge in [0.1, 0.15) is 0 Å². The molecule has 3 nitrogen and oxygen atoms in total. The van der Waals surface area contributed by atoms with Crippen molar-refractivity contribution < 1.29 is 9.90 Å². The highest BCUT2D eigenvalue weighted by Gasteiger charge is 2.19. The molecule has 0 saturated heterocycles. The molecule has 0 aromatic rings. The summed E-state index contributed by atoms with van der Waals surface area (Å²) >= 11 is 0. The summed E-state index contributed by atoms with van der Waals surface area (Å²) in [6.07, 6.45) is 2.13. The Hall–Kier alpha value is -0.570. The fourth-order valence-corrected chi connectivity index (χ4v) is 1.47. The van der Waals surface area contributed by atoms with E-state index in [1.807, 2.05) is 0 Å². The highest BCUT2D eigenvalue weighted by Crippen LogP contribution is 2.14. The summed E-state index contributed by atoms with van der Waals surface area (Å²) in [5.41, 5.74) is 0.147. The lowest BCUT2D eigenvalue weighted by Crippen LogP contribution is -2.42. The number of rotatable bonds is 6. The van der Waals surface area contributed by atoms with Gasteiger partial charge in [0.05, 0.1) is 0 Å². The highest BCUT2D eigenvalue weighted by atomic mass is 16.4. The van der Waals surface area contributed by atoms with E-state index in [0.717, 1.165) is 25.9 Å². The number of hydrogen-bond acceptors (Lipinski definition) is 2. The third-order valence-corrected chi connectivity index (χ3v) is 2.26. The summed E-state index contributed by atoms with van der Waals surface area (Å²) in [6, 6.07) is 0. The summed E-state index contributed by atoms with van der Waals surface area (Å²) in [7, 11) is 0. The van der Waals surface area contributed by atoms with Crippen LogP contribution in [0.15, 0.2) is 0 Å². The van der Waals surface area contributed by atoms with Crippen LogP contribution in [0, 0.1) is 0 Å². The molecule has 0 aromatic heterocycles. The smallest absolute Gasteiger partial charge is 0.303 e. The molecule has 0 rings (SSSR count). The molecule has 0 heterocycles. The van der Waals surface area contributed by atoms with Crippen molar-refractivity contribution in [3.8, 4) is 0 Å². The molecule has 3 heteroatoms. The van der Waals surface area contributed by atoms with Crippen LogP contribution in [0.25, 0.3) is 0 Å². The molecule has 0 bridgehead atoms. The zero-order chi connectivity index (χ0) is 11.2. The second kappa shape index (κ2) is 6.02. The molecular formula is C11H23NO2. The van der Waals surface area contributed by atoms with Gasteiger partial charge in [0.15, 0.2) is 0 Å². The van der Waals surface area contributed by atoms with Crippen molar-refractivity contribution in [2.75, 3.05) is 13.1 Å². The number of carboxylic acids is 1. The summed E-state index contributed by atoms with van der Waals surface area (Å²) in [4.78, 5) is 12.7. The Morgan fingerprint density at radius 2 is 1.86 bits per heavy atom. The number of aliphatic carboxylic acids is 1. The topological polar surface area (TPSA) is 40.5 Å². The second-order valence-electron chi connectivity index (χ2n) is 4.66. The van der Waals surface area contributed by atoms with Gasteiger partial charge in [0.25, 0.3) is 0 Å². The van der Waals surface area contributed by atoms with E-state index in [1.54, 1.807) is 0 Å². The van der Waals surface area contributed by atoms with E-state index in [4.69, 9.17) is 5.11 Å². The minimum Gasteiger partial charge on any atom is -0.481 e. The molecular weight excluding hydrogens is 178 g/mol. The van der Waals surface area contributed by atoms with E-state index in [2.05, 4.69) is 32.6 Å². The molecule has 0 fully saturated rings. The van der Waals surface area contributed by atoms with E-state index in [-0.39, 0.29) is 12.0 Å². The first-order chi connectivity index (χ1) is 6.38. The standard InChI is InChI=1S/C11H23NO2/c1-5-8-12(11(2,3)4)9-6-7-10(13)14/h5-9H2,1-4H3,(H,13,14). The second-order valence-corrected chi connectivity index (χ2v) is 4.66. The Morgan fingerprint density at radius 1 is 1.29 bits per heavy atom. The normalized spacial score (nSPS) is 12.1. The Kier molecular flexibility index (Phi) is 5.77. The monoisotopic (exact) mass is 201 g/mol. The quantitative estimate of drug-likeness (QED) is 0.717. The Bertz CT molecular complexity index is 173. The van der Waals surface area contributed by atoms with Gasteiger partial charge in [-0.2, -0.15) is 0 Å². The fraction of sp³-hybridized carbons (Fsp3) is 0.909. The molecule has 0 radical (unpaired) electrons. The molecule has 84 valence electrons. The average Bonchev–Trinajstić information content (AvgIpc) is 2.00. The predicted molar refractivity (Wildman–Crippen MR) is 58.5 cm³/mol. The predicted octanol–water partition coefficient (Wildman–Crippen LogP) is 2.36. The summed E-state index contributed by atoms with van der Waals surface area (Å²) in [5, 5.41) is 8.54. The van der Waals surface area contributed by atoms with Gasteiger partial charge in [-0.1, -0.05) is 6.92 Å². The molecule has 14 heavy (non-hydrogen) atoms. The van der Waals surface area contributed by atoms with Crippen molar-refractivity contribution in [1.29, 1.82) is 0 Å². The van der Waals surface area contributed by atoms with E-state index >= 15 is 0 Å². The van der Waals surface area contributed by atoms with E-state index in [0.29, 0.717) is 0 Å². The molecule has 0 atom stereocenters. The maximum Gasteiger partial charge on any atom is 0.303 e. The lowest BCUT2D eigenvalue weighted by molar-refractivity contribution is -0.137. The number of carbonyl (C=O) groups is 1. The third-order valence-electron chi connectivity index (χ3n) is 2.26. The van der Waals surface area contributed by atoms with Crippen LogP contribution in [0.5, 0.6) is 0 Å². The molecule has 0 amide bonds. The van der Waals surface area contributed by atoms with Gasteiger partial charge in [-0.15, -0.1) is 0 Å². The highest BCUT2D eigenvalue weighted by molar-refractivity contribution is 5.66. The first kappa shape index (κ1) is 13.4. The van der Waals surface area contributed by atoms with Crippen molar-refractivity contribution in [2.45, 2.75) is 52.5 Å². The Labute approximate surface area is 87.1 Å². The van der Waals surface area contributed by atoms with E-state index in [9.17, 15) is 4.79 Å². The van der Waals surface area contributed by atoms with E-state index < -0.39 is 5.97 Å². The van der Waals surface area contributed by atoms with Crippen molar-refractivity contribution >= 4 is 5.97 Å². The van der Waals surface area contributed by atoms with Crippen molar-refractivity contribution in [3.05, 3.63) is 0 Å². The fourth-order valence-electron chi connectivity index (χ4n) is 1.47. The van der Waals surface area contributed by atoms with Crippen LogP contribution in [0.3, 0.4) is 0 Å². The largest absolute Gasteiger partial charge is 0.481 e. The molecule has 0 aliphatic rings. The van der Waals surface area contributed by atoms with Gasteiger partial charge in [-0.3, -0.25) is 9.69 Å². The van der Waals surface area contributed by atoms with E-state index in [1.165, 1.54) is 0 Å². The van der Waals surface area contributed by atoms with Gasteiger partial charge >= 0.3 is 5.97 Å². The minimum atomic E-state index is -0.699. The lowest BCUT2D eigenvalue weighted by atomic mass is 10.0. The average molecular weight is 201 g/mol. The van der Waals surface area contributed by atoms with Crippen LogP contribution < -0.4 is 0 Å².